The van der Waals surface area contributed by atoms with Crippen molar-refractivity contribution in [3.63, 3.8) is 0 Å². The number of hydrogen-bond acceptors (Lipinski definition) is 4. The fourth-order valence-corrected chi connectivity index (χ4v) is 3.97. The van der Waals surface area contributed by atoms with E-state index >= 15 is 0 Å². The van der Waals surface area contributed by atoms with Crippen LogP contribution in [-0.4, -0.2) is 48.0 Å². The fourth-order valence-electron chi connectivity index (χ4n) is 3.97. The summed E-state index contributed by atoms with van der Waals surface area (Å²) in [5.41, 5.74) is 0.186. The Hall–Kier alpha value is -1.66. The number of carbonyl (C=O) groups is 1. The normalized spacial score (nSPS) is 21.1. The highest BCUT2D eigenvalue weighted by molar-refractivity contribution is 5.68. The van der Waals surface area contributed by atoms with Crippen LogP contribution in [0.25, 0.3) is 0 Å². The molecule has 0 spiro atoms. The first-order valence-corrected chi connectivity index (χ1v) is 9.76. The number of carbonyl (C=O) groups excluding carboxylic acids is 1. The van der Waals surface area contributed by atoms with Gasteiger partial charge in [-0.2, -0.15) is 0 Å². The van der Waals surface area contributed by atoms with E-state index in [0.717, 1.165) is 24.0 Å². The van der Waals surface area contributed by atoms with E-state index in [-0.39, 0.29) is 17.8 Å². The molecule has 2 aliphatic heterocycles. The third-order valence-corrected chi connectivity index (χ3v) is 5.42. The van der Waals surface area contributed by atoms with Gasteiger partial charge in [-0.15, -0.1) is 0 Å². The number of nitrogens with zero attached hydrogens (tertiary/aromatic N) is 1. The van der Waals surface area contributed by atoms with E-state index in [9.17, 15) is 14.3 Å². The zero-order valence-corrected chi connectivity index (χ0v) is 16.5. The maximum atomic E-state index is 14.0. The van der Waals surface area contributed by atoms with Crippen LogP contribution in [0, 0.1) is 5.82 Å². The second-order valence-corrected chi connectivity index (χ2v) is 8.62. The van der Waals surface area contributed by atoms with Crippen LogP contribution in [0.1, 0.15) is 63.5 Å². The average Bonchev–Trinajstić information content (AvgIpc) is 2.61. The molecule has 1 amide bonds. The van der Waals surface area contributed by atoms with Crippen LogP contribution < -0.4 is 0 Å². The van der Waals surface area contributed by atoms with Crippen molar-refractivity contribution in [2.75, 3.05) is 26.3 Å². The number of rotatable bonds is 2. The van der Waals surface area contributed by atoms with E-state index in [0.29, 0.717) is 39.1 Å². The molecule has 0 saturated carbocycles. The minimum Gasteiger partial charge on any atom is -0.444 e. The molecule has 3 rings (SSSR count). The molecule has 150 valence electrons. The Kier molecular flexibility index (Phi) is 5.77. The van der Waals surface area contributed by atoms with Gasteiger partial charge in [-0.05, 0) is 62.8 Å². The molecular weight excluding hydrogens is 349 g/mol. The Morgan fingerprint density at radius 3 is 2.48 bits per heavy atom. The van der Waals surface area contributed by atoms with Gasteiger partial charge in [-0.1, -0.05) is 6.07 Å². The van der Waals surface area contributed by atoms with Gasteiger partial charge >= 0.3 is 6.09 Å². The first-order chi connectivity index (χ1) is 12.7. The van der Waals surface area contributed by atoms with Crippen molar-refractivity contribution in [3.8, 4) is 0 Å². The molecule has 2 aliphatic rings. The van der Waals surface area contributed by atoms with Crippen molar-refractivity contribution in [3.05, 3.63) is 35.1 Å². The van der Waals surface area contributed by atoms with Crippen LogP contribution in [0.3, 0.4) is 0 Å². The van der Waals surface area contributed by atoms with Crippen molar-refractivity contribution in [2.24, 2.45) is 0 Å². The molecule has 2 fully saturated rings. The molecule has 0 atom stereocenters. The summed E-state index contributed by atoms with van der Waals surface area (Å²) < 4.78 is 24.8. The van der Waals surface area contributed by atoms with Gasteiger partial charge in [0.05, 0.1) is 5.60 Å². The molecule has 1 aromatic rings. The zero-order chi connectivity index (χ0) is 19.7. The molecular formula is C21H30FNO4. The van der Waals surface area contributed by atoms with E-state index in [2.05, 4.69) is 0 Å². The van der Waals surface area contributed by atoms with Gasteiger partial charge in [0.1, 0.15) is 11.4 Å². The van der Waals surface area contributed by atoms with Gasteiger partial charge < -0.3 is 19.5 Å². The van der Waals surface area contributed by atoms with Crippen LogP contribution in [0.15, 0.2) is 18.2 Å². The first-order valence-electron chi connectivity index (χ1n) is 9.76. The molecule has 0 unspecified atom stereocenters. The van der Waals surface area contributed by atoms with Crippen LogP contribution in [0.4, 0.5) is 9.18 Å². The lowest BCUT2D eigenvalue weighted by molar-refractivity contribution is -0.0687. The van der Waals surface area contributed by atoms with Gasteiger partial charge in [0.15, 0.2) is 0 Å². The maximum absolute atomic E-state index is 14.0. The van der Waals surface area contributed by atoms with Crippen molar-refractivity contribution in [1.82, 2.24) is 4.90 Å². The first kappa shape index (κ1) is 20.1. The number of likely N-dealkylation sites (tertiary alicyclic amines) is 1. The van der Waals surface area contributed by atoms with Crippen molar-refractivity contribution in [1.29, 1.82) is 0 Å². The monoisotopic (exact) mass is 379 g/mol. The predicted octanol–water partition coefficient (Wildman–Crippen LogP) is 3.94. The summed E-state index contributed by atoms with van der Waals surface area (Å²) in [6.07, 6.45) is 2.18. The summed E-state index contributed by atoms with van der Waals surface area (Å²) in [5.74, 6) is -0.180. The smallest absolute Gasteiger partial charge is 0.410 e. The van der Waals surface area contributed by atoms with Crippen molar-refractivity contribution < 1.29 is 23.8 Å². The average molecular weight is 379 g/mol. The van der Waals surface area contributed by atoms with E-state index in [4.69, 9.17) is 9.47 Å². The standard InChI is InChI=1S/C21H30FNO4/c1-20(2,3)27-19(24)23-10-6-15(7-11-23)17-14-16(22)4-5-18(17)21(25)8-12-26-13-9-21/h4-5,14-15,25H,6-13H2,1-3H3. The summed E-state index contributed by atoms with van der Waals surface area (Å²) in [6.45, 7) is 7.70. The SMILES string of the molecule is CC(C)(C)OC(=O)N1CCC(c2cc(F)ccc2C2(O)CCOCC2)CC1. The van der Waals surface area contributed by atoms with Crippen LogP contribution in [0.2, 0.25) is 0 Å². The third-order valence-electron chi connectivity index (χ3n) is 5.42. The second-order valence-electron chi connectivity index (χ2n) is 8.62. The van der Waals surface area contributed by atoms with Gasteiger partial charge in [0.2, 0.25) is 0 Å². The highest BCUT2D eigenvalue weighted by Crippen LogP contribution is 2.40. The van der Waals surface area contributed by atoms with E-state index in [1.165, 1.54) is 6.07 Å². The van der Waals surface area contributed by atoms with Gasteiger partial charge in [-0.25, -0.2) is 9.18 Å². The molecule has 6 heteroatoms. The summed E-state index contributed by atoms with van der Waals surface area (Å²) >= 11 is 0. The number of benzene rings is 1. The number of ether oxygens (including phenoxy) is 2. The molecule has 2 saturated heterocycles. The Balaban J connectivity index is 1.74. The predicted molar refractivity (Wildman–Crippen MR) is 100 cm³/mol. The summed E-state index contributed by atoms with van der Waals surface area (Å²) in [4.78, 5) is 14.0. The lowest BCUT2D eigenvalue weighted by atomic mass is 9.78. The van der Waals surface area contributed by atoms with E-state index < -0.39 is 11.2 Å². The topological polar surface area (TPSA) is 59.0 Å². The Labute approximate surface area is 160 Å². The summed E-state index contributed by atoms with van der Waals surface area (Å²) in [5, 5.41) is 11.1. The Morgan fingerprint density at radius 2 is 1.89 bits per heavy atom. The van der Waals surface area contributed by atoms with E-state index in [1.54, 1.807) is 17.0 Å². The number of piperidine rings is 1. The Morgan fingerprint density at radius 1 is 1.26 bits per heavy atom. The van der Waals surface area contributed by atoms with Crippen LogP contribution >= 0.6 is 0 Å². The third kappa shape index (κ3) is 4.79. The van der Waals surface area contributed by atoms with Gasteiger partial charge in [0.25, 0.3) is 0 Å². The molecule has 0 bridgehead atoms. The molecule has 0 aliphatic carbocycles. The van der Waals surface area contributed by atoms with Crippen molar-refractivity contribution in [2.45, 2.75) is 63.6 Å². The second kappa shape index (κ2) is 7.76. The number of hydrogen-bond donors (Lipinski definition) is 1. The quantitative estimate of drug-likeness (QED) is 0.846. The summed E-state index contributed by atoms with van der Waals surface area (Å²) in [7, 11) is 0. The highest BCUT2D eigenvalue weighted by atomic mass is 19.1. The minimum atomic E-state index is -0.969. The van der Waals surface area contributed by atoms with Gasteiger partial charge in [0, 0.05) is 39.1 Å². The number of amides is 1. The van der Waals surface area contributed by atoms with Crippen LogP contribution in [0.5, 0.6) is 0 Å². The zero-order valence-electron chi connectivity index (χ0n) is 16.5. The molecule has 0 radical (unpaired) electrons. The minimum absolute atomic E-state index is 0.112. The lowest BCUT2D eigenvalue weighted by Crippen LogP contribution is -2.42. The summed E-state index contributed by atoms with van der Waals surface area (Å²) in [6, 6.07) is 4.69. The Bertz CT molecular complexity index is 671. The number of halogens is 1. The van der Waals surface area contributed by atoms with Gasteiger partial charge in [-0.3, -0.25) is 0 Å². The maximum Gasteiger partial charge on any atom is 0.410 e. The van der Waals surface area contributed by atoms with E-state index in [1.807, 2.05) is 20.8 Å². The molecule has 5 nitrogen and oxygen atoms in total. The lowest BCUT2D eigenvalue weighted by Gasteiger charge is -2.38. The largest absolute Gasteiger partial charge is 0.444 e. The number of aliphatic hydroxyl groups is 1. The fraction of sp³-hybridized carbons (Fsp3) is 0.667. The van der Waals surface area contributed by atoms with Crippen LogP contribution in [-0.2, 0) is 15.1 Å². The molecule has 0 aromatic heterocycles. The highest BCUT2D eigenvalue weighted by Gasteiger charge is 2.36. The molecule has 27 heavy (non-hydrogen) atoms. The molecule has 1 N–H and O–H groups in total. The van der Waals surface area contributed by atoms with Crippen molar-refractivity contribution >= 4 is 6.09 Å². The molecule has 1 aromatic carbocycles. The molecule has 2 heterocycles.